The number of methoxy groups -OCH3 is 1. The van der Waals surface area contributed by atoms with Crippen LogP contribution in [0.3, 0.4) is 0 Å². The van der Waals surface area contributed by atoms with E-state index in [2.05, 4.69) is 0 Å². The lowest BCUT2D eigenvalue weighted by Gasteiger charge is -2.25. The standard InChI is InChI=1S/C12H24N2O4/c1-4-10(8-13)12(16)14(6-7-17-3)9-11(15)18-5-2/h10H,4-9,13H2,1-3H3. The molecule has 1 atom stereocenters. The van der Waals surface area contributed by atoms with Gasteiger partial charge in [-0.2, -0.15) is 0 Å². The van der Waals surface area contributed by atoms with Gasteiger partial charge in [0.1, 0.15) is 6.54 Å². The number of carbonyl (C=O) groups is 2. The highest BCUT2D eigenvalue weighted by Gasteiger charge is 2.23. The number of ether oxygens (including phenoxy) is 2. The molecule has 0 aromatic rings. The van der Waals surface area contributed by atoms with E-state index in [1.807, 2.05) is 6.92 Å². The second-order valence-electron chi connectivity index (χ2n) is 3.90. The predicted octanol–water partition coefficient (Wildman–Crippen LogP) is 0.00940. The van der Waals surface area contributed by atoms with Crippen LogP contribution in [-0.4, -0.2) is 56.7 Å². The van der Waals surface area contributed by atoms with Crippen molar-refractivity contribution in [2.45, 2.75) is 20.3 Å². The van der Waals surface area contributed by atoms with Gasteiger partial charge < -0.3 is 20.1 Å². The van der Waals surface area contributed by atoms with Crippen molar-refractivity contribution in [1.82, 2.24) is 4.90 Å². The molecule has 6 heteroatoms. The summed E-state index contributed by atoms with van der Waals surface area (Å²) in [4.78, 5) is 25.0. The molecule has 0 fully saturated rings. The number of amides is 1. The minimum atomic E-state index is -0.408. The summed E-state index contributed by atoms with van der Waals surface area (Å²) >= 11 is 0. The first kappa shape index (κ1) is 16.9. The summed E-state index contributed by atoms with van der Waals surface area (Å²) in [6.45, 7) is 4.91. The lowest BCUT2D eigenvalue weighted by molar-refractivity contribution is -0.150. The van der Waals surface area contributed by atoms with E-state index in [1.54, 1.807) is 14.0 Å². The average Bonchev–Trinajstić information content (AvgIpc) is 2.36. The van der Waals surface area contributed by atoms with Gasteiger partial charge in [-0.1, -0.05) is 6.92 Å². The third kappa shape index (κ3) is 5.97. The number of carbonyl (C=O) groups excluding carboxylic acids is 2. The minimum absolute atomic E-state index is 0.0491. The fourth-order valence-corrected chi connectivity index (χ4v) is 1.53. The minimum Gasteiger partial charge on any atom is -0.465 e. The highest BCUT2D eigenvalue weighted by atomic mass is 16.5. The predicted molar refractivity (Wildman–Crippen MR) is 67.9 cm³/mol. The average molecular weight is 260 g/mol. The molecule has 1 unspecified atom stereocenters. The van der Waals surface area contributed by atoms with Crippen LogP contribution in [0.25, 0.3) is 0 Å². The molecule has 0 radical (unpaired) electrons. The molecule has 1 amide bonds. The second-order valence-corrected chi connectivity index (χ2v) is 3.90. The normalized spacial score (nSPS) is 12.0. The Balaban J connectivity index is 4.54. The highest BCUT2D eigenvalue weighted by molar-refractivity contribution is 5.83. The van der Waals surface area contributed by atoms with Crippen molar-refractivity contribution >= 4 is 11.9 Å². The summed E-state index contributed by atoms with van der Waals surface area (Å²) in [5.41, 5.74) is 5.55. The molecule has 6 nitrogen and oxygen atoms in total. The van der Waals surface area contributed by atoms with Crippen LogP contribution >= 0.6 is 0 Å². The molecule has 0 aliphatic heterocycles. The number of rotatable bonds is 9. The van der Waals surface area contributed by atoms with Crippen LogP contribution in [0.5, 0.6) is 0 Å². The molecular formula is C12H24N2O4. The zero-order valence-electron chi connectivity index (χ0n) is 11.5. The Hall–Kier alpha value is -1.14. The Morgan fingerprint density at radius 1 is 1.33 bits per heavy atom. The number of hydrogen-bond acceptors (Lipinski definition) is 5. The molecule has 18 heavy (non-hydrogen) atoms. The summed E-state index contributed by atoms with van der Waals surface area (Å²) in [5.74, 6) is -0.782. The number of hydrogen-bond donors (Lipinski definition) is 1. The van der Waals surface area contributed by atoms with Gasteiger partial charge in [0, 0.05) is 20.2 Å². The first-order chi connectivity index (χ1) is 8.60. The molecule has 0 saturated heterocycles. The van der Waals surface area contributed by atoms with E-state index in [1.165, 1.54) is 4.90 Å². The monoisotopic (exact) mass is 260 g/mol. The third-order valence-electron chi connectivity index (χ3n) is 2.63. The van der Waals surface area contributed by atoms with E-state index in [-0.39, 0.29) is 24.9 Å². The van der Waals surface area contributed by atoms with Gasteiger partial charge in [0.15, 0.2) is 0 Å². The molecular weight excluding hydrogens is 236 g/mol. The lowest BCUT2D eigenvalue weighted by Crippen LogP contribution is -2.43. The maximum Gasteiger partial charge on any atom is 0.325 e. The molecule has 0 aliphatic rings. The fourth-order valence-electron chi connectivity index (χ4n) is 1.53. The zero-order chi connectivity index (χ0) is 14.0. The van der Waals surface area contributed by atoms with Crippen molar-refractivity contribution < 1.29 is 19.1 Å². The first-order valence-corrected chi connectivity index (χ1v) is 6.24. The van der Waals surface area contributed by atoms with Gasteiger partial charge in [-0.15, -0.1) is 0 Å². The Morgan fingerprint density at radius 3 is 2.44 bits per heavy atom. The van der Waals surface area contributed by atoms with Gasteiger partial charge in [0.25, 0.3) is 0 Å². The molecule has 0 saturated carbocycles. The van der Waals surface area contributed by atoms with Crippen LogP contribution < -0.4 is 5.73 Å². The smallest absolute Gasteiger partial charge is 0.325 e. The largest absolute Gasteiger partial charge is 0.465 e. The summed E-state index contributed by atoms with van der Waals surface area (Å²) < 4.78 is 9.78. The van der Waals surface area contributed by atoms with Crippen LogP contribution in [0.2, 0.25) is 0 Å². The molecule has 0 aliphatic carbocycles. The summed E-state index contributed by atoms with van der Waals surface area (Å²) in [6.07, 6.45) is 0.654. The van der Waals surface area contributed by atoms with Crippen LogP contribution in [0.15, 0.2) is 0 Å². The van der Waals surface area contributed by atoms with E-state index in [4.69, 9.17) is 15.2 Å². The summed E-state index contributed by atoms with van der Waals surface area (Å²) in [7, 11) is 1.55. The maximum absolute atomic E-state index is 12.1. The van der Waals surface area contributed by atoms with Crippen molar-refractivity contribution in [1.29, 1.82) is 0 Å². The molecule has 0 rings (SSSR count). The molecule has 0 aromatic heterocycles. The number of nitrogens with zero attached hydrogens (tertiary/aromatic N) is 1. The van der Waals surface area contributed by atoms with Gasteiger partial charge in [-0.3, -0.25) is 9.59 Å². The highest BCUT2D eigenvalue weighted by Crippen LogP contribution is 2.06. The van der Waals surface area contributed by atoms with Crippen molar-refractivity contribution in [2.75, 3.05) is 40.0 Å². The molecule has 0 bridgehead atoms. The van der Waals surface area contributed by atoms with Gasteiger partial charge in [-0.05, 0) is 13.3 Å². The maximum atomic E-state index is 12.1. The van der Waals surface area contributed by atoms with Crippen LogP contribution in [0.4, 0.5) is 0 Å². The van der Waals surface area contributed by atoms with E-state index in [0.29, 0.717) is 26.2 Å². The molecule has 0 spiro atoms. The first-order valence-electron chi connectivity index (χ1n) is 6.24. The summed E-state index contributed by atoms with van der Waals surface area (Å²) in [5, 5.41) is 0. The Labute approximate surface area is 108 Å². The van der Waals surface area contributed by atoms with Crippen molar-refractivity contribution in [3.05, 3.63) is 0 Å². The molecule has 0 aromatic carbocycles. The van der Waals surface area contributed by atoms with E-state index in [0.717, 1.165) is 0 Å². The molecule has 2 N–H and O–H groups in total. The van der Waals surface area contributed by atoms with Crippen LogP contribution in [0.1, 0.15) is 20.3 Å². The van der Waals surface area contributed by atoms with E-state index < -0.39 is 5.97 Å². The Kier molecular flexibility index (Phi) is 9.22. The van der Waals surface area contributed by atoms with Crippen molar-refractivity contribution in [3.8, 4) is 0 Å². The van der Waals surface area contributed by atoms with Crippen molar-refractivity contribution in [3.63, 3.8) is 0 Å². The summed E-state index contributed by atoms with van der Waals surface area (Å²) in [6, 6.07) is 0. The topological polar surface area (TPSA) is 81.9 Å². The zero-order valence-corrected chi connectivity index (χ0v) is 11.5. The van der Waals surface area contributed by atoms with E-state index >= 15 is 0 Å². The lowest BCUT2D eigenvalue weighted by atomic mass is 10.1. The van der Waals surface area contributed by atoms with E-state index in [9.17, 15) is 9.59 Å². The molecule has 0 heterocycles. The fraction of sp³-hybridized carbons (Fsp3) is 0.833. The van der Waals surface area contributed by atoms with Crippen LogP contribution in [0, 0.1) is 5.92 Å². The van der Waals surface area contributed by atoms with Gasteiger partial charge >= 0.3 is 5.97 Å². The Bertz CT molecular complexity index is 254. The van der Waals surface area contributed by atoms with Gasteiger partial charge in [-0.25, -0.2) is 0 Å². The second kappa shape index (κ2) is 9.85. The van der Waals surface area contributed by atoms with Crippen LogP contribution in [-0.2, 0) is 19.1 Å². The van der Waals surface area contributed by atoms with Gasteiger partial charge in [0.2, 0.25) is 5.91 Å². The molecule has 106 valence electrons. The quantitative estimate of drug-likeness (QED) is 0.591. The SMILES string of the molecule is CCOC(=O)CN(CCOC)C(=O)C(CC)CN. The number of esters is 1. The Morgan fingerprint density at radius 2 is 2.00 bits per heavy atom. The van der Waals surface area contributed by atoms with Gasteiger partial charge in [0.05, 0.1) is 19.1 Å². The van der Waals surface area contributed by atoms with Crippen molar-refractivity contribution in [2.24, 2.45) is 11.7 Å². The number of nitrogens with two attached hydrogens (primary N) is 1. The third-order valence-corrected chi connectivity index (χ3v) is 2.63.